The Kier molecular flexibility index (Phi) is 8.07. The molecule has 2 amide bonds. The number of hydrogen-bond acceptors (Lipinski definition) is 6. The van der Waals surface area contributed by atoms with Gasteiger partial charge in [-0.05, 0) is 53.4 Å². The summed E-state index contributed by atoms with van der Waals surface area (Å²) in [6.07, 6.45) is 0. The zero-order chi connectivity index (χ0) is 29.1. The molecule has 10 heteroatoms. The third kappa shape index (κ3) is 5.68. The van der Waals surface area contributed by atoms with Crippen molar-refractivity contribution < 1.29 is 18.7 Å². The maximum atomic E-state index is 13.8. The Labute approximate surface area is 250 Å². The Balaban J connectivity index is 1.47. The molecule has 0 aliphatic carbocycles. The van der Waals surface area contributed by atoms with Crippen molar-refractivity contribution in [3.8, 4) is 22.7 Å². The topological polar surface area (TPSA) is 76.5 Å². The minimum Gasteiger partial charge on any atom is -0.497 e. The van der Waals surface area contributed by atoms with E-state index in [4.69, 9.17) is 9.84 Å². The molecule has 3 heterocycles. The van der Waals surface area contributed by atoms with Gasteiger partial charge in [-0.15, -0.1) is 23.1 Å². The van der Waals surface area contributed by atoms with Gasteiger partial charge in [-0.3, -0.25) is 14.5 Å². The highest BCUT2D eigenvalue weighted by molar-refractivity contribution is 8.00. The van der Waals surface area contributed by atoms with Crippen molar-refractivity contribution in [2.75, 3.05) is 24.3 Å². The molecular formula is C32H27FN4O3S2. The van der Waals surface area contributed by atoms with Crippen molar-refractivity contribution in [1.29, 1.82) is 0 Å². The van der Waals surface area contributed by atoms with Crippen molar-refractivity contribution in [2.24, 2.45) is 0 Å². The molecule has 2 aromatic heterocycles. The molecule has 3 aromatic carbocycles. The minimum absolute atomic E-state index is 0.168. The third-order valence-corrected chi connectivity index (χ3v) is 9.28. The molecule has 0 radical (unpaired) electrons. The summed E-state index contributed by atoms with van der Waals surface area (Å²) in [5.41, 5.74) is 4.03. The fraction of sp³-hybridized carbons (Fsp3) is 0.156. The minimum atomic E-state index is -0.341. The van der Waals surface area contributed by atoms with E-state index in [9.17, 15) is 14.0 Å². The number of hydrogen-bond donors (Lipinski definition) is 1. The van der Waals surface area contributed by atoms with Gasteiger partial charge in [0.2, 0.25) is 11.8 Å². The van der Waals surface area contributed by atoms with E-state index in [-0.39, 0.29) is 41.7 Å². The van der Waals surface area contributed by atoms with Crippen LogP contribution in [0.1, 0.15) is 21.3 Å². The average molecular weight is 599 g/mol. The lowest BCUT2D eigenvalue weighted by atomic mass is 10.0. The Morgan fingerprint density at radius 1 is 1.02 bits per heavy atom. The maximum absolute atomic E-state index is 13.8. The second-order valence-corrected chi connectivity index (χ2v) is 11.7. The molecule has 0 unspecified atom stereocenters. The molecule has 212 valence electrons. The third-order valence-electron chi connectivity index (χ3n) is 6.96. The molecule has 1 atom stereocenters. The Bertz CT molecular complexity index is 1690. The summed E-state index contributed by atoms with van der Waals surface area (Å²) in [6, 6.07) is 27.4. The van der Waals surface area contributed by atoms with Crippen LogP contribution in [0, 0.1) is 5.82 Å². The second-order valence-electron chi connectivity index (χ2n) is 9.65. The number of fused-ring (bicyclic) bond motifs is 1. The number of rotatable bonds is 8. The number of benzene rings is 3. The Hall–Kier alpha value is -4.41. The Morgan fingerprint density at radius 2 is 1.79 bits per heavy atom. The molecule has 6 rings (SSSR count). The first kappa shape index (κ1) is 27.7. The lowest BCUT2D eigenvalue weighted by molar-refractivity contribution is -0.123. The monoisotopic (exact) mass is 598 g/mol. The largest absolute Gasteiger partial charge is 0.497 e. The van der Waals surface area contributed by atoms with Crippen molar-refractivity contribution >= 4 is 40.7 Å². The quantitative estimate of drug-likeness (QED) is 0.229. The molecule has 1 N–H and O–H groups in total. The fourth-order valence-electron chi connectivity index (χ4n) is 4.90. The first-order valence-corrected chi connectivity index (χ1v) is 15.2. The summed E-state index contributed by atoms with van der Waals surface area (Å²) in [5.74, 6) is 0.587. The molecular weight excluding hydrogens is 572 g/mol. The first-order chi connectivity index (χ1) is 20.5. The number of aromatic nitrogens is 2. The van der Waals surface area contributed by atoms with Crippen LogP contribution >= 0.6 is 23.1 Å². The van der Waals surface area contributed by atoms with Gasteiger partial charge in [0.15, 0.2) is 0 Å². The summed E-state index contributed by atoms with van der Waals surface area (Å²) in [4.78, 5) is 29.7. The molecule has 0 bridgehead atoms. The molecule has 5 aromatic rings. The zero-order valence-electron chi connectivity index (χ0n) is 22.7. The van der Waals surface area contributed by atoms with E-state index in [1.807, 2.05) is 66.0 Å². The van der Waals surface area contributed by atoms with Gasteiger partial charge in [0.25, 0.3) is 0 Å². The van der Waals surface area contributed by atoms with Gasteiger partial charge in [-0.2, -0.15) is 5.10 Å². The van der Waals surface area contributed by atoms with Gasteiger partial charge in [-0.25, -0.2) is 9.07 Å². The highest BCUT2D eigenvalue weighted by Crippen LogP contribution is 2.49. The number of halogens is 1. The predicted molar refractivity (Wildman–Crippen MR) is 165 cm³/mol. The number of carbonyl (C=O) groups is 2. The van der Waals surface area contributed by atoms with Crippen molar-refractivity contribution in [2.45, 2.75) is 11.8 Å². The number of carbonyl (C=O) groups excluding carboxylic acids is 2. The number of methoxy groups -OCH3 is 1. The lowest BCUT2D eigenvalue weighted by Crippen LogP contribution is -2.42. The predicted octanol–water partition coefficient (Wildman–Crippen LogP) is 6.23. The number of nitrogens with zero attached hydrogens (tertiary/aromatic N) is 3. The van der Waals surface area contributed by atoms with E-state index in [1.54, 1.807) is 40.2 Å². The van der Waals surface area contributed by atoms with Crippen LogP contribution in [0.25, 0.3) is 16.9 Å². The van der Waals surface area contributed by atoms with Gasteiger partial charge in [0.05, 0.1) is 29.5 Å². The summed E-state index contributed by atoms with van der Waals surface area (Å²) < 4.78 is 20.5. The molecule has 7 nitrogen and oxygen atoms in total. The van der Waals surface area contributed by atoms with E-state index in [1.165, 1.54) is 23.9 Å². The maximum Gasteiger partial charge on any atom is 0.240 e. The SMILES string of the molecule is COc1ccc(-n2nc(-c3ccccc3)c3c2N(CC(=O)NCc2ccc(F)cc2)C(=O)CS[C@@H]3c2cccs2)cc1. The highest BCUT2D eigenvalue weighted by Gasteiger charge is 2.38. The number of thioether (sulfide) groups is 1. The average Bonchev–Trinajstić information content (AvgIpc) is 3.67. The number of anilines is 1. The molecule has 0 fully saturated rings. The van der Waals surface area contributed by atoms with Gasteiger partial charge in [0.1, 0.15) is 23.9 Å². The number of nitrogens with one attached hydrogen (secondary N) is 1. The lowest BCUT2D eigenvalue weighted by Gasteiger charge is -2.23. The van der Waals surface area contributed by atoms with Crippen LogP contribution in [-0.4, -0.2) is 41.0 Å². The van der Waals surface area contributed by atoms with Crippen LogP contribution in [0.3, 0.4) is 0 Å². The van der Waals surface area contributed by atoms with Gasteiger partial charge in [-0.1, -0.05) is 48.5 Å². The number of ether oxygens (including phenoxy) is 1. The van der Waals surface area contributed by atoms with Gasteiger partial charge < -0.3 is 10.1 Å². The van der Waals surface area contributed by atoms with E-state index in [2.05, 4.69) is 11.4 Å². The van der Waals surface area contributed by atoms with E-state index in [0.717, 1.165) is 32.9 Å². The normalized spacial score (nSPS) is 14.8. The van der Waals surface area contributed by atoms with Gasteiger partial charge >= 0.3 is 0 Å². The number of thiophene rings is 1. The van der Waals surface area contributed by atoms with E-state index in [0.29, 0.717) is 11.6 Å². The molecule has 0 saturated heterocycles. The Morgan fingerprint density at radius 3 is 2.48 bits per heavy atom. The van der Waals surface area contributed by atoms with Crippen LogP contribution in [-0.2, 0) is 16.1 Å². The van der Waals surface area contributed by atoms with Gasteiger partial charge in [0, 0.05) is 22.5 Å². The second kappa shape index (κ2) is 12.2. The molecule has 0 spiro atoms. The van der Waals surface area contributed by atoms with Crippen molar-refractivity contribution in [3.63, 3.8) is 0 Å². The van der Waals surface area contributed by atoms with Crippen LogP contribution in [0.4, 0.5) is 10.2 Å². The van der Waals surface area contributed by atoms with E-state index < -0.39 is 0 Å². The summed E-state index contributed by atoms with van der Waals surface area (Å²) in [5, 5.41) is 9.83. The molecule has 0 saturated carbocycles. The van der Waals surface area contributed by atoms with Crippen LogP contribution < -0.4 is 15.0 Å². The van der Waals surface area contributed by atoms with Crippen LogP contribution in [0.5, 0.6) is 5.75 Å². The van der Waals surface area contributed by atoms with Crippen LogP contribution in [0.15, 0.2) is 96.4 Å². The van der Waals surface area contributed by atoms with E-state index >= 15 is 0 Å². The highest BCUT2D eigenvalue weighted by atomic mass is 32.2. The summed E-state index contributed by atoms with van der Waals surface area (Å²) >= 11 is 3.17. The first-order valence-electron chi connectivity index (χ1n) is 13.3. The zero-order valence-corrected chi connectivity index (χ0v) is 24.3. The van der Waals surface area contributed by atoms with Crippen molar-refractivity contribution in [1.82, 2.24) is 15.1 Å². The molecule has 1 aliphatic rings. The summed E-state index contributed by atoms with van der Waals surface area (Å²) in [6.45, 7) is 0.0222. The van der Waals surface area contributed by atoms with Crippen LogP contribution in [0.2, 0.25) is 0 Å². The summed E-state index contributed by atoms with van der Waals surface area (Å²) in [7, 11) is 1.61. The standard InChI is InChI=1S/C32H27FN4O3S2/c1-40-25-15-13-24(14-16-25)37-32-29(30(35-37)22-6-3-2-4-7-22)31(26-8-5-17-41-26)42-20-28(39)36(32)19-27(38)34-18-21-9-11-23(33)12-10-21/h2-17,31H,18-20H2,1H3,(H,34,38)/t31-/m1/s1. The van der Waals surface area contributed by atoms with Crippen molar-refractivity contribution in [3.05, 3.63) is 118 Å². The molecule has 1 aliphatic heterocycles. The smallest absolute Gasteiger partial charge is 0.240 e. The molecule has 42 heavy (non-hydrogen) atoms. The number of amides is 2. The fourth-order valence-corrected chi connectivity index (χ4v) is 7.07.